The first-order valence-electron chi connectivity index (χ1n) is 9.26. The molecule has 1 aliphatic rings. The van der Waals surface area contributed by atoms with Gasteiger partial charge in [0.2, 0.25) is 0 Å². The van der Waals surface area contributed by atoms with E-state index in [0.29, 0.717) is 22.6 Å². The fourth-order valence-corrected chi connectivity index (χ4v) is 3.63. The van der Waals surface area contributed by atoms with Crippen molar-refractivity contribution in [3.63, 3.8) is 0 Å². The van der Waals surface area contributed by atoms with E-state index in [1.54, 1.807) is 24.3 Å². The number of esters is 1. The Balaban J connectivity index is 1.84. The maximum absolute atomic E-state index is 12.5. The quantitative estimate of drug-likeness (QED) is 0.428. The Morgan fingerprint density at radius 3 is 2.21 bits per heavy atom. The molecule has 1 N–H and O–H groups in total. The Labute approximate surface area is 165 Å². The van der Waals surface area contributed by atoms with Gasteiger partial charge in [-0.05, 0) is 74.1 Å². The molecule has 1 atom stereocenters. The van der Waals surface area contributed by atoms with E-state index in [1.165, 1.54) is 0 Å². The molecule has 0 saturated heterocycles. The molecule has 2 aromatic carbocycles. The topological polar surface area (TPSA) is 63.6 Å². The van der Waals surface area contributed by atoms with Gasteiger partial charge in [0.05, 0.1) is 5.56 Å². The summed E-state index contributed by atoms with van der Waals surface area (Å²) in [5, 5.41) is 10.0. The lowest BCUT2D eigenvalue weighted by molar-refractivity contribution is 0.0732. The highest BCUT2D eigenvalue weighted by Gasteiger charge is 2.21. The number of carbonyl (C=O) groups is 2. The van der Waals surface area contributed by atoms with E-state index >= 15 is 0 Å². The average Bonchev–Trinajstić information content (AvgIpc) is 2.68. The minimum absolute atomic E-state index is 0.189. The molecule has 0 bridgehead atoms. The van der Waals surface area contributed by atoms with Crippen LogP contribution in [-0.2, 0) is 0 Å². The molecule has 0 amide bonds. The smallest absolute Gasteiger partial charge is 0.343 e. The molecule has 0 saturated carbocycles. The Morgan fingerprint density at radius 1 is 1.07 bits per heavy atom. The second-order valence-corrected chi connectivity index (χ2v) is 7.40. The molecule has 1 aliphatic carbocycles. The van der Waals surface area contributed by atoms with Gasteiger partial charge in [0, 0.05) is 11.5 Å². The van der Waals surface area contributed by atoms with Crippen molar-refractivity contribution < 1.29 is 19.4 Å². The molecule has 28 heavy (non-hydrogen) atoms. The summed E-state index contributed by atoms with van der Waals surface area (Å²) in [7, 11) is 0. The van der Waals surface area contributed by atoms with Gasteiger partial charge in [0.1, 0.15) is 17.8 Å². The summed E-state index contributed by atoms with van der Waals surface area (Å²) in [6, 6.07) is 10.4. The molecule has 0 fully saturated rings. The van der Waals surface area contributed by atoms with E-state index in [-0.39, 0.29) is 5.92 Å². The van der Waals surface area contributed by atoms with Crippen LogP contribution in [0.15, 0.2) is 59.4 Å². The number of benzene rings is 2. The van der Waals surface area contributed by atoms with Gasteiger partial charge in [0.25, 0.3) is 0 Å². The molecule has 144 valence electrons. The van der Waals surface area contributed by atoms with Gasteiger partial charge in [-0.25, -0.2) is 4.79 Å². The first kappa shape index (κ1) is 19.6. The molecule has 4 heteroatoms. The number of aliphatic hydroxyl groups is 1. The summed E-state index contributed by atoms with van der Waals surface area (Å²) < 4.78 is 5.65. The average molecular weight is 376 g/mol. The lowest BCUT2D eigenvalue weighted by Crippen LogP contribution is -2.11. The second-order valence-electron chi connectivity index (χ2n) is 7.40. The SMILES string of the molecule is CC1=CC(c2cc(C)c(OC(=O)c3ccc(C=O)cc3)c(C)c2)CC(C)=C1O. The van der Waals surface area contributed by atoms with Gasteiger partial charge in [-0.2, -0.15) is 0 Å². The highest BCUT2D eigenvalue weighted by Crippen LogP contribution is 2.36. The molecular weight excluding hydrogens is 352 g/mol. The third-order valence-corrected chi connectivity index (χ3v) is 5.14. The minimum atomic E-state index is -0.450. The number of aliphatic hydroxyl groups excluding tert-OH is 1. The molecule has 1 unspecified atom stereocenters. The Hall–Kier alpha value is -3.14. The second kappa shape index (κ2) is 7.85. The number of rotatable bonds is 4. The molecule has 0 radical (unpaired) electrons. The van der Waals surface area contributed by atoms with Crippen LogP contribution in [0.1, 0.15) is 63.6 Å². The van der Waals surface area contributed by atoms with Crippen LogP contribution in [0.5, 0.6) is 5.75 Å². The molecule has 3 rings (SSSR count). The Kier molecular flexibility index (Phi) is 5.50. The Morgan fingerprint density at radius 2 is 1.68 bits per heavy atom. The highest BCUT2D eigenvalue weighted by atomic mass is 16.5. The normalized spacial score (nSPS) is 16.6. The van der Waals surface area contributed by atoms with Crippen molar-refractivity contribution in [1.29, 1.82) is 0 Å². The minimum Gasteiger partial charge on any atom is -0.508 e. The fourth-order valence-electron chi connectivity index (χ4n) is 3.63. The van der Waals surface area contributed by atoms with E-state index in [9.17, 15) is 14.7 Å². The maximum Gasteiger partial charge on any atom is 0.343 e. The van der Waals surface area contributed by atoms with Gasteiger partial charge in [-0.1, -0.05) is 30.3 Å². The van der Waals surface area contributed by atoms with Crippen LogP contribution < -0.4 is 4.74 Å². The largest absolute Gasteiger partial charge is 0.508 e. The van der Waals surface area contributed by atoms with Crippen molar-refractivity contribution in [2.24, 2.45) is 0 Å². The fraction of sp³-hybridized carbons (Fsp3) is 0.250. The van der Waals surface area contributed by atoms with Gasteiger partial charge in [-0.15, -0.1) is 0 Å². The van der Waals surface area contributed by atoms with E-state index < -0.39 is 5.97 Å². The lowest BCUT2D eigenvalue weighted by Gasteiger charge is -2.23. The standard InChI is InChI=1S/C24H24O4/c1-14-9-20(10-15(2)22(14)26)21-11-16(3)23(17(4)12-21)28-24(27)19-7-5-18(13-25)6-8-19/h5-9,11-13,20,26H,10H2,1-4H3. The van der Waals surface area contributed by atoms with Crippen molar-refractivity contribution in [2.45, 2.75) is 40.0 Å². The summed E-state index contributed by atoms with van der Waals surface area (Å²) in [5.41, 5.74) is 5.69. The van der Waals surface area contributed by atoms with Gasteiger partial charge in [0.15, 0.2) is 0 Å². The molecule has 2 aromatic rings. The summed E-state index contributed by atoms with van der Waals surface area (Å²) in [5.74, 6) is 0.679. The number of aryl methyl sites for hydroxylation is 2. The number of allylic oxidation sites excluding steroid dienone is 3. The summed E-state index contributed by atoms with van der Waals surface area (Å²) in [6.07, 6.45) is 3.58. The molecule has 0 spiro atoms. The van der Waals surface area contributed by atoms with Gasteiger partial charge >= 0.3 is 5.97 Å². The highest BCUT2D eigenvalue weighted by molar-refractivity contribution is 5.92. The zero-order valence-electron chi connectivity index (χ0n) is 16.6. The van der Waals surface area contributed by atoms with Crippen LogP contribution in [-0.4, -0.2) is 17.4 Å². The van der Waals surface area contributed by atoms with Crippen LogP contribution in [0, 0.1) is 13.8 Å². The lowest BCUT2D eigenvalue weighted by atomic mass is 9.84. The zero-order chi connectivity index (χ0) is 20.4. The van der Waals surface area contributed by atoms with Crippen molar-refractivity contribution in [3.8, 4) is 5.75 Å². The summed E-state index contributed by atoms with van der Waals surface area (Å²) in [6.45, 7) is 7.71. The van der Waals surface area contributed by atoms with E-state index in [1.807, 2.05) is 39.8 Å². The molecule has 0 aliphatic heterocycles. The number of aldehydes is 1. The van der Waals surface area contributed by atoms with Crippen molar-refractivity contribution in [3.05, 3.63) is 87.2 Å². The number of hydrogen-bond acceptors (Lipinski definition) is 4. The third kappa shape index (κ3) is 3.91. The first-order valence-corrected chi connectivity index (χ1v) is 9.26. The molecule has 0 heterocycles. The summed E-state index contributed by atoms with van der Waals surface area (Å²) >= 11 is 0. The number of carbonyl (C=O) groups excluding carboxylic acids is 2. The maximum atomic E-state index is 12.5. The van der Waals surface area contributed by atoms with Crippen molar-refractivity contribution in [1.82, 2.24) is 0 Å². The Bertz CT molecular complexity index is 971. The monoisotopic (exact) mass is 376 g/mol. The van der Waals surface area contributed by atoms with Crippen LogP contribution >= 0.6 is 0 Å². The molecular formula is C24H24O4. The predicted molar refractivity (Wildman–Crippen MR) is 109 cm³/mol. The zero-order valence-corrected chi connectivity index (χ0v) is 16.6. The molecule has 0 aromatic heterocycles. The van der Waals surface area contributed by atoms with Crippen LogP contribution in [0.3, 0.4) is 0 Å². The first-order chi connectivity index (χ1) is 13.3. The van der Waals surface area contributed by atoms with Gasteiger partial charge < -0.3 is 9.84 Å². The summed E-state index contributed by atoms with van der Waals surface area (Å²) in [4.78, 5) is 23.2. The van der Waals surface area contributed by atoms with Crippen LogP contribution in [0.4, 0.5) is 0 Å². The number of ether oxygens (including phenoxy) is 1. The van der Waals surface area contributed by atoms with Crippen LogP contribution in [0.25, 0.3) is 0 Å². The van der Waals surface area contributed by atoms with Crippen LogP contribution in [0.2, 0.25) is 0 Å². The van der Waals surface area contributed by atoms with E-state index in [0.717, 1.165) is 40.5 Å². The van der Waals surface area contributed by atoms with Crippen molar-refractivity contribution >= 4 is 12.3 Å². The third-order valence-electron chi connectivity index (χ3n) is 5.14. The van der Waals surface area contributed by atoms with E-state index in [4.69, 9.17) is 4.74 Å². The predicted octanol–water partition coefficient (Wildman–Crippen LogP) is 5.60. The van der Waals surface area contributed by atoms with Crippen molar-refractivity contribution in [2.75, 3.05) is 0 Å². The van der Waals surface area contributed by atoms with Gasteiger partial charge in [-0.3, -0.25) is 4.79 Å². The van der Waals surface area contributed by atoms with E-state index in [2.05, 4.69) is 6.08 Å². The molecule has 4 nitrogen and oxygen atoms in total. The number of hydrogen-bond donors (Lipinski definition) is 1.